The number of fused-ring (bicyclic) bond motifs is 1. The molecule has 1 amide bonds. The molecule has 0 aliphatic carbocycles. The lowest BCUT2D eigenvalue weighted by molar-refractivity contribution is -0.142. The van der Waals surface area contributed by atoms with Crippen LogP contribution in [0.5, 0.6) is 5.75 Å². The fourth-order valence-corrected chi connectivity index (χ4v) is 3.27. The smallest absolute Gasteiger partial charge is 0.326 e. The standard InChI is InChI=1S/C17H22N2O4/c1-12(16(21)22)19-11-17(7-9-18(2)10-8-17)23-14-6-4-3-5-13(14)15(19)20/h3-6,12H,7-11H2,1-2H3,(H,21,22). The number of nitrogens with zero attached hydrogens (tertiary/aromatic N) is 2. The van der Waals surface area contributed by atoms with Crippen LogP contribution in [0.25, 0.3) is 0 Å². The first-order valence-electron chi connectivity index (χ1n) is 7.92. The van der Waals surface area contributed by atoms with Crippen LogP contribution in [0.4, 0.5) is 0 Å². The predicted octanol–water partition coefficient (Wildman–Crippen LogP) is 1.46. The Labute approximate surface area is 135 Å². The van der Waals surface area contributed by atoms with Crippen molar-refractivity contribution in [2.45, 2.75) is 31.4 Å². The molecule has 2 heterocycles. The maximum absolute atomic E-state index is 12.8. The molecule has 1 spiro atoms. The van der Waals surface area contributed by atoms with Crippen molar-refractivity contribution >= 4 is 11.9 Å². The molecule has 124 valence electrons. The molecule has 2 aliphatic heterocycles. The summed E-state index contributed by atoms with van der Waals surface area (Å²) in [6.45, 7) is 3.59. The number of piperidine rings is 1. The van der Waals surface area contributed by atoms with Gasteiger partial charge >= 0.3 is 5.97 Å². The van der Waals surface area contributed by atoms with Crippen LogP contribution in [0.1, 0.15) is 30.1 Å². The third-order valence-corrected chi connectivity index (χ3v) is 4.89. The monoisotopic (exact) mass is 318 g/mol. The Hall–Kier alpha value is -2.08. The van der Waals surface area contributed by atoms with Gasteiger partial charge < -0.3 is 19.6 Å². The van der Waals surface area contributed by atoms with E-state index in [1.165, 1.54) is 4.90 Å². The zero-order valence-corrected chi connectivity index (χ0v) is 13.5. The Bertz CT molecular complexity index is 623. The normalized spacial score (nSPS) is 22.2. The Morgan fingerprint density at radius 2 is 1.96 bits per heavy atom. The minimum Gasteiger partial charge on any atom is -0.484 e. The number of para-hydroxylation sites is 1. The number of carboxylic acids is 1. The summed E-state index contributed by atoms with van der Waals surface area (Å²) in [5.41, 5.74) is -0.0743. The number of amides is 1. The van der Waals surface area contributed by atoms with Gasteiger partial charge in [-0.2, -0.15) is 0 Å². The van der Waals surface area contributed by atoms with E-state index in [1.54, 1.807) is 25.1 Å². The van der Waals surface area contributed by atoms with Gasteiger partial charge in [0.2, 0.25) is 0 Å². The minimum absolute atomic E-state index is 0.272. The van der Waals surface area contributed by atoms with E-state index in [1.807, 2.05) is 6.07 Å². The van der Waals surface area contributed by atoms with Crippen LogP contribution in [-0.4, -0.2) is 65.1 Å². The van der Waals surface area contributed by atoms with E-state index in [0.717, 1.165) is 25.9 Å². The third kappa shape index (κ3) is 2.91. The van der Waals surface area contributed by atoms with E-state index >= 15 is 0 Å². The SMILES string of the molecule is CC(C(=O)O)N1CC2(CCN(C)CC2)Oc2ccccc2C1=O. The van der Waals surface area contributed by atoms with Crippen molar-refractivity contribution in [1.82, 2.24) is 9.80 Å². The van der Waals surface area contributed by atoms with Crippen molar-refractivity contribution in [3.05, 3.63) is 29.8 Å². The molecular formula is C17H22N2O4. The van der Waals surface area contributed by atoms with Crippen LogP contribution < -0.4 is 4.74 Å². The Kier molecular flexibility index (Phi) is 4.02. The van der Waals surface area contributed by atoms with Crippen molar-refractivity contribution in [1.29, 1.82) is 0 Å². The van der Waals surface area contributed by atoms with Gasteiger partial charge in [-0.15, -0.1) is 0 Å². The van der Waals surface area contributed by atoms with Gasteiger partial charge in [0.1, 0.15) is 17.4 Å². The number of ether oxygens (including phenoxy) is 1. The first kappa shape index (κ1) is 15.8. The number of benzene rings is 1. The van der Waals surface area contributed by atoms with Crippen LogP contribution in [0.3, 0.4) is 0 Å². The number of carbonyl (C=O) groups is 2. The second-order valence-corrected chi connectivity index (χ2v) is 6.53. The Morgan fingerprint density at radius 1 is 1.30 bits per heavy atom. The number of hydrogen-bond acceptors (Lipinski definition) is 4. The summed E-state index contributed by atoms with van der Waals surface area (Å²) < 4.78 is 6.28. The van der Waals surface area contributed by atoms with E-state index in [9.17, 15) is 14.7 Å². The molecule has 2 aliphatic rings. The van der Waals surface area contributed by atoms with Crippen LogP contribution in [0.2, 0.25) is 0 Å². The molecule has 1 N–H and O–H groups in total. The first-order chi connectivity index (χ1) is 10.9. The Morgan fingerprint density at radius 3 is 2.61 bits per heavy atom. The maximum atomic E-state index is 12.8. The second kappa shape index (κ2) is 5.85. The van der Waals surface area contributed by atoms with Crippen molar-refractivity contribution < 1.29 is 19.4 Å². The average Bonchev–Trinajstić information content (AvgIpc) is 2.66. The fourth-order valence-electron chi connectivity index (χ4n) is 3.27. The van der Waals surface area contributed by atoms with Crippen LogP contribution >= 0.6 is 0 Å². The molecule has 1 unspecified atom stereocenters. The molecule has 23 heavy (non-hydrogen) atoms. The van der Waals surface area contributed by atoms with Crippen molar-refractivity contribution in [3.8, 4) is 5.75 Å². The summed E-state index contributed by atoms with van der Waals surface area (Å²) in [6.07, 6.45) is 1.54. The molecule has 0 radical (unpaired) electrons. The molecule has 6 heteroatoms. The highest BCUT2D eigenvalue weighted by Gasteiger charge is 2.44. The summed E-state index contributed by atoms with van der Waals surface area (Å²) in [5, 5.41) is 9.38. The van der Waals surface area contributed by atoms with Gasteiger partial charge in [0.25, 0.3) is 5.91 Å². The molecule has 1 aromatic rings. The average molecular weight is 318 g/mol. The van der Waals surface area contributed by atoms with Gasteiger partial charge in [0.05, 0.1) is 12.1 Å². The summed E-state index contributed by atoms with van der Waals surface area (Å²) in [6, 6.07) is 6.23. The molecule has 1 fully saturated rings. The zero-order valence-electron chi connectivity index (χ0n) is 13.5. The van der Waals surface area contributed by atoms with Gasteiger partial charge in [0.15, 0.2) is 0 Å². The van der Waals surface area contributed by atoms with Gasteiger partial charge in [-0.3, -0.25) is 4.79 Å². The highest BCUT2D eigenvalue weighted by molar-refractivity contribution is 5.99. The highest BCUT2D eigenvalue weighted by atomic mass is 16.5. The zero-order chi connectivity index (χ0) is 16.6. The lowest BCUT2D eigenvalue weighted by atomic mass is 9.90. The molecule has 0 saturated carbocycles. The van der Waals surface area contributed by atoms with Crippen molar-refractivity contribution in [3.63, 3.8) is 0 Å². The topological polar surface area (TPSA) is 70.1 Å². The molecule has 1 saturated heterocycles. The Balaban J connectivity index is 2.02. The number of rotatable bonds is 2. The van der Waals surface area contributed by atoms with Gasteiger partial charge in [-0.1, -0.05) is 12.1 Å². The molecule has 0 aromatic heterocycles. The summed E-state index contributed by atoms with van der Waals surface area (Å²) in [5.74, 6) is -0.714. The lowest BCUT2D eigenvalue weighted by Gasteiger charge is -2.42. The first-order valence-corrected chi connectivity index (χ1v) is 7.92. The quantitative estimate of drug-likeness (QED) is 0.894. The van der Waals surface area contributed by atoms with E-state index in [-0.39, 0.29) is 5.91 Å². The molecular weight excluding hydrogens is 296 g/mol. The molecule has 1 aromatic carbocycles. The minimum atomic E-state index is -0.999. The fraction of sp³-hybridized carbons (Fsp3) is 0.529. The van der Waals surface area contributed by atoms with E-state index in [0.29, 0.717) is 17.9 Å². The van der Waals surface area contributed by atoms with Crippen molar-refractivity contribution in [2.24, 2.45) is 0 Å². The van der Waals surface area contributed by atoms with Gasteiger partial charge in [-0.25, -0.2) is 4.79 Å². The summed E-state index contributed by atoms with van der Waals surface area (Å²) in [7, 11) is 2.06. The number of aliphatic carboxylic acids is 1. The molecule has 6 nitrogen and oxygen atoms in total. The number of carbonyl (C=O) groups excluding carboxylic acids is 1. The van der Waals surface area contributed by atoms with Gasteiger partial charge in [-0.05, 0) is 26.1 Å². The van der Waals surface area contributed by atoms with Crippen LogP contribution in [0.15, 0.2) is 24.3 Å². The third-order valence-electron chi connectivity index (χ3n) is 4.89. The molecule has 1 atom stereocenters. The van der Waals surface area contributed by atoms with Crippen LogP contribution in [-0.2, 0) is 4.79 Å². The molecule has 0 bridgehead atoms. The van der Waals surface area contributed by atoms with Crippen LogP contribution in [0, 0.1) is 0 Å². The van der Waals surface area contributed by atoms with E-state index in [2.05, 4.69) is 11.9 Å². The highest BCUT2D eigenvalue weighted by Crippen LogP contribution is 2.35. The van der Waals surface area contributed by atoms with E-state index < -0.39 is 17.6 Å². The number of likely N-dealkylation sites (tertiary alicyclic amines) is 1. The lowest BCUT2D eigenvalue weighted by Crippen LogP contribution is -2.56. The van der Waals surface area contributed by atoms with E-state index in [4.69, 9.17) is 4.74 Å². The largest absolute Gasteiger partial charge is 0.484 e. The number of carboxylic acid groups (broad SMARTS) is 1. The molecule has 3 rings (SSSR count). The predicted molar refractivity (Wildman–Crippen MR) is 84.7 cm³/mol. The maximum Gasteiger partial charge on any atom is 0.326 e. The van der Waals surface area contributed by atoms with Crippen molar-refractivity contribution in [2.75, 3.05) is 26.7 Å². The summed E-state index contributed by atoms with van der Waals surface area (Å²) in [4.78, 5) is 28.0. The number of hydrogen-bond donors (Lipinski definition) is 1. The second-order valence-electron chi connectivity index (χ2n) is 6.53. The summed E-state index contributed by atoms with van der Waals surface area (Å²) >= 11 is 0. The van der Waals surface area contributed by atoms with Gasteiger partial charge in [0, 0.05) is 25.9 Å².